The van der Waals surface area contributed by atoms with E-state index in [-0.39, 0.29) is 5.02 Å². The van der Waals surface area contributed by atoms with E-state index in [4.69, 9.17) is 16.3 Å². The van der Waals surface area contributed by atoms with Gasteiger partial charge in [0.25, 0.3) is 0 Å². The third kappa shape index (κ3) is 5.70. The number of halogens is 5. The van der Waals surface area contributed by atoms with Crippen LogP contribution in [0.5, 0.6) is 5.75 Å². The standard InChI is InChI=1S/C20H14Br3ClFNO/c21-14-3-1-12(2-4-14)11-27-20-13(7-15(22)8-17(20)23)10-26-16-5-6-19(25)18(24)9-16/h1-9,26H,10-11H2. The maximum absolute atomic E-state index is 13.3. The van der Waals surface area contributed by atoms with Gasteiger partial charge in [0.05, 0.1) is 9.50 Å². The summed E-state index contributed by atoms with van der Waals surface area (Å²) in [5.74, 6) is 0.313. The first kappa shape index (κ1) is 20.6. The molecule has 2 nitrogen and oxygen atoms in total. The number of hydrogen-bond donors (Lipinski definition) is 1. The number of rotatable bonds is 6. The number of nitrogens with one attached hydrogen (secondary N) is 1. The molecule has 3 rings (SSSR count). The van der Waals surface area contributed by atoms with E-state index in [0.29, 0.717) is 13.2 Å². The molecule has 0 aliphatic carbocycles. The molecular formula is C20H14Br3ClFNO. The summed E-state index contributed by atoms with van der Waals surface area (Å²) in [5, 5.41) is 3.34. The first-order chi connectivity index (χ1) is 12.9. The fraction of sp³-hybridized carbons (Fsp3) is 0.100. The molecule has 0 atom stereocenters. The van der Waals surface area contributed by atoms with Gasteiger partial charge < -0.3 is 10.1 Å². The smallest absolute Gasteiger partial charge is 0.141 e. The molecule has 3 aromatic carbocycles. The minimum Gasteiger partial charge on any atom is -0.487 e. The third-order valence-corrected chi connectivity index (χ3v) is 5.65. The van der Waals surface area contributed by atoms with Crippen LogP contribution < -0.4 is 10.1 Å². The summed E-state index contributed by atoms with van der Waals surface area (Å²) >= 11 is 16.4. The van der Waals surface area contributed by atoms with Crippen molar-refractivity contribution in [3.8, 4) is 5.75 Å². The van der Waals surface area contributed by atoms with E-state index < -0.39 is 5.82 Å². The average Bonchev–Trinajstić information content (AvgIpc) is 2.63. The Morgan fingerprint density at radius 2 is 1.67 bits per heavy atom. The molecule has 0 aliphatic rings. The van der Waals surface area contributed by atoms with Crippen molar-refractivity contribution < 1.29 is 9.13 Å². The highest BCUT2D eigenvalue weighted by Crippen LogP contribution is 2.34. The minimum absolute atomic E-state index is 0.0853. The maximum atomic E-state index is 13.3. The van der Waals surface area contributed by atoms with Gasteiger partial charge in [0.1, 0.15) is 18.2 Å². The summed E-state index contributed by atoms with van der Waals surface area (Å²) < 4.78 is 22.2. The van der Waals surface area contributed by atoms with Gasteiger partial charge in [-0.2, -0.15) is 0 Å². The number of anilines is 1. The highest BCUT2D eigenvalue weighted by atomic mass is 79.9. The second kappa shape index (κ2) is 9.41. The van der Waals surface area contributed by atoms with Crippen molar-refractivity contribution in [2.24, 2.45) is 0 Å². The van der Waals surface area contributed by atoms with Crippen LogP contribution in [0.4, 0.5) is 10.1 Å². The molecule has 0 amide bonds. The lowest BCUT2D eigenvalue weighted by molar-refractivity contribution is 0.301. The Hall–Kier alpha value is -1.08. The van der Waals surface area contributed by atoms with E-state index >= 15 is 0 Å². The van der Waals surface area contributed by atoms with Crippen molar-refractivity contribution in [1.82, 2.24) is 0 Å². The number of benzene rings is 3. The van der Waals surface area contributed by atoms with Gasteiger partial charge in [0.15, 0.2) is 0 Å². The second-order valence-electron chi connectivity index (χ2n) is 5.77. The Morgan fingerprint density at radius 3 is 2.37 bits per heavy atom. The van der Waals surface area contributed by atoms with Crippen molar-refractivity contribution in [3.05, 3.63) is 90.0 Å². The van der Waals surface area contributed by atoms with Gasteiger partial charge in [-0.05, 0) is 64.0 Å². The van der Waals surface area contributed by atoms with Crippen LogP contribution in [0.15, 0.2) is 68.0 Å². The maximum Gasteiger partial charge on any atom is 0.141 e. The number of hydrogen-bond acceptors (Lipinski definition) is 2. The van der Waals surface area contributed by atoms with E-state index in [1.807, 2.05) is 36.4 Å². The monoisotopic (exact) mass is 575 g/mol. The average molecular weight is 579 g/mol. The molecule has 3 aromatic rings. The molecule has 0 fully saturated rings. The summed E-state index contributed by atoms with van der Waals surface area (Å²) in [7, 11) is 0. The van der Waals surface area contributed by atoms with Gasteiger partial charge in [-0.25, -0.2) is 4.39 Å². The molecule has 0 spiro atoms. The van der Waals surface area contributed by atoms with E-state index in [0.717, 1.165) is 36.0 Å². The SMILES string of the molecule is Fc1ccc(NCc2cc(Br)cc(Br)c2OCc2ccc(Br)cc2)cc1Cl. The van der Waals surface area contributed by atoms with Crippen molar-refractivity contribution in [2.45, 2.75) is 13.2 Å². The van der Waals surface area contributed by atoms with E-state index in [1.54, 1.807) is 12.1 Å². The molecular weight excluding hydrogens is 564 g/mol. The summed E-state index contributed by atoms with van der Waals surface area (Å²) in [6, 6.07) is 16.5. The van der Waals surface area contributed by atoms with E-state index in [2.05, 4.69) is 53.1 Å². The lowest BCUT2D eigenvalue weighted by atomic mass is 10.2. The molecule has 0 radical (unpaired) electrons. The number of ether oxygens (including phenoxy) is 1. The predicted octanol–water partition coefficient (Wildman–Crippen LogP) is 7.96. The molecule has 27 heavy (non-hydrogen) atoms. The van der Waals surface area contributed by atoms with Crippen molar-refractivity contribution in [3.63, 3.8) is 0 Å². The molecule has 0 aliphatic heterocycles. The van der Waals surface area contributed by atoms with Crippen molar-refractivity contribution in [1.29, 1.82) is 0 Å². The van der Waals surface area contributed by atoms with Crippen LogP contribution in [-0.4, -0.2) is 0 Å². The van der Waals surface area contributed by atoms with E-state index in [9.17, 15) is 4.39 Å². The van der Waals surface area contributed by atoms with Gasteiger partial charge in [-0.1, -0.05) is 55.6 Å². The fourth-order valence-electron chi connectivity index (χ4n) is 2.45. The summed E-state index contributed by atoms with van der Waals surface area (Å²) in [5.41, 5.74) is 2.75. The van der Waals surface area contributed by atoms with Crippen molar-refractivity contribution >= 4 is 65.1 Å². The minimum atomic E-state index is -0.439. The van der Waals surface area contributed by atoms with Crippen LogP contribution in [0.2, 0.25) is 5.02 Å². The normalized spacial score (nSPS) is 10.7. The zero-order valence-electron chi connectivity index (χ0n) is 13.9. The Morgan fingerprint density at radius 1 is 0.926 bits per heavy atom. The Labute approximate surface area is 187 Å². The second-order valence-corrected chi connectivity index (χ2v) is 8.87. The molecule has 0 saturated carbocycles. The molecule has 140 valence electrons. The van der Waals surface area contributed by atoms with Gasteiger partial charge >= 0.3 is 0 Å². The zero-order valence-corrected chi connectivity index (χ0v) is 19.4. The third-order valence-electron chi connectivity index (χ3n) is 3.78. The Kier molecular flexibility index (Phi) is 7.20. The highest BCUT2D eigenvalue weighted by Gasteiger charge is 2.11. The van der Waals surface area contributed by atoms with E-state index in [1.165, 1.54) is 6.07 Å². The van der Waals surface area contributed by atoms with Crippen LogP contribution in [0, 0.1) is 5.82 Å². The molecule has 0 saturated heterocycles. The quantitative estimate of drug-likeness (QED) is 0.321. The molecule has 1 N–H and O–H groups in total. The van der Waals surface area contributed by atoms with Crippen LogP contribution in [0.25, 0.3) is 0 Å². The summed E-state index contributed by atoms with van der Waals surface area (Å²) in [6.07, 6.45) is 0. The molecule has 0 aromatic heterocycles. The predicted molar refractivity (Wildman–Crippen MR) is 119 cm³/mol. The van der Waals surface area contributed by atoms with Crippen LogP contribution in [-0.2, 0) is 13.2 Å². The van der Waals surface area contributed by atoms with Gasteiger partial charge in [0.2, 0.25) is 0 Å². The van der Waals surface area contributed by atoms with Crippen LogP contribution in [0.1, 0.15) is 11.1 Å². The molecule has 0 heterocycles. The Balaban J connectivity index is 1.77. The lowest BCUT2D eigenvalue weighted by Gasteiger charge is -2.16. The van der Waals surface area contributed by atoms with Crippen LogP contribution in [0.3, 0.4) is 0 Å². The lowest BCUT2D eigenvalue weighted by Crippen LogP contribution is -2.05. The first-order valence-electron chi connectivity index (χ1n) is 7.96. The van der Waals surface area contributed by atoms with Gasteiger partial charge in [-0.3, -0.25) is 0 Å². The molecule has 0 unspecified atom stereocenters. The fourth-order valence-corrected chi connectivity index (χ4v) is 4.32. The largest absolute Gasteiger partial charge is 0.487 e. The first-order valence-corrected chi connectivity index (χ1v) is 10.7. The summed E-state index contributed by atoms with van der Waals surface area (Å²) in [6.45, 7) is 0.943. The topological polar surface area (TPSA) is 21.3 Å². The zero-order chi connectivity index (χ0) is 19.4. The molecule has 0 bridgehead atoms. The van der Waals surface area contributed by atoms with Gasteiger partial charge in [-0.15, -0.1) is 0 Å². The molecule has 7 heteroatoms. The van der Waals surface area contributed by atoms with Crippen molar-refractivity contribution in [2.75, 3.05) is 5.32 Å². The van der Waals surface area contributed by atoms with Gasteiger partial charge in [0, 0.05) is 26.7 Å². The highest BCUT2D eigenvalue weighted by molar-refractivity contribution is 9.11. The van der Waals surface area contributed by atoms with Crippen LogP contribution >= 0.6 is 59.4 Å². The Bertz CT molecular complexity index is 951. The summed E-state index contributed by atoms with van der Waals surface area (Å²) in [4.78, 5) is 0.